The average molecular weight is 364 g/mol. The third-order valence-electron chi connectivity index (χ3n) is 3.59. The summed E-state index contributed by atoms with van der Waals surface area (Å²) in [5.74, 6) is 0.451. The number of oxime groups is 1. The van der Waals surface area contributed by atoms with Gasteiger partial charge in [-0.1, -0.05) is 31.1 Å². The molecule has 0 aliphatic rings. The van der Waals surface area contributed by atoms with E-state index in [4.69, 9.17) is 4.84 Å². The third kappa shape index (κ3) is 3.68. The van der Waals surface area contributed by atoms with Crippen molar-refractivity contribution in [2.45, 2.75) is 39.8 Å². The molecule has 2 aromatic heterocycles. The van der Waals surface area contributed by atoms with Crippen molar-refractivity contribution >= 4 is 28.1 Å². The van der Waals surface area contributed by atoms with Gasteiger partial charge in [0.25, 0.3) is 0 Å². The number of benzene rings is 1. The van der Waals surface area contributed by atoms with Gasteiger partial charge in [-0.25, -0.2) is 9.97 Å². The molecule has 0 spiro atoms. The minimum atomic E-state index is -2.71. The van der Waals surface area contributed by atoms with Crippen LogP contribution >= 0.6 is 11.3 Å². The quantitative estimate of drug-likeness (QED) is 0.459. The molecule has 0 N–H and O–H groups in total. The summed E-state index contributed by atoms with van der Waals surface area (Å²) in [6, 6.07) is 6.75. The Bertz CT molecular complexity index is 901. The second kappa shape index (κ2) is 7.26. The summed E-state index contributed by atoms with van der Waals surface area (Å²) in [4.78, 5) is 14.0. The van der Waals surface area contributed by atoms with Gasteiger partial charge in [-0.3, -0.25) is 4.57 Å². The molecule has 8 heteroatoms. The third-order valence-corrected chi connectivity index (χ3v) is 4.79. The monoisotopic (exact) mass is 364 g/mol. The number of para-hydroxylation sites is 2. The second-order valence-electron chi connectivity index (χ2n) is 5.85. The lowest BCUT2D eigenvalue weighted by atomic mass is 10.2. The zero-order valence-corrected chi connectivity index (χ0v) is 14.9. The van der Waals surface area contributed by atoms with Crippen LogP contribution in [-0.2, 0) is 11.4 Å². The van der Waals surface area contributed by atoms with Crippen LogP contribution in [0.1, 0.15) is 49.8 Å². The number of thiazole rings is 1. The van der Waals surface area contributed by atoms with E-state index in [0.717, 1.165) is 15.3 Å². The number of aromatic nitrogens is 3. The van der Waals surface area contributed by atoms with Crippen molar-refractivity contribution in [2.24, 2.45) is 5.16 Å². The van der Waals surface area contributed by atoms with Crippen LogP contribution in [0.4, 0.5) is 8.78 Å². The highest BCUT2D eigenvalue weighted by Crippen LogP contribution is 2.24. The largest absolute Gasteiger partial charge is 0.389 e. The van der Waals surface area contributed by atoms with Crippen molar-refractivity contribution in [1.82, 2.24) is 14.5 Å². The molecule has 0 radical (unpaired) electrons. The summed E-state index contributed by atoms with van der Waals surface area (Å²) in [6.07, 6.45) is 0. The van der Waals surface area contributed by atoms with E-state index in [0.29, 0.717) is 17.0 Å². The Morgan fingerprint density at radius 2 is 2.04 bits per heavy atom. The van der Waals surface area contributed by atoms with Crippen molar-refractivity contribution in [3.05, 3.63) is 46.2 Å². The minimum absolute atomic E-state index is 0.0948. The van der Waals surface area contributed by atoms with Gasteiger partial charge < -0.3 is 4.84 Å². The van der Waals surface area contributed by atoms with Crippen molar-refractivity contribution in [2.75, 3.05) is 0 Å². The topological polar surface area (TPSA) is 52.3 Å². The summed E-state index contributed by atoms with van der Waals surface area (Å²) in [5, 5.41) is 6.88. The number of hydrogen-bond acceptors (Lipinski definition) is 5. The van der Waals surface area contributed by atoms with Crippen molar-refractivity contribution in [1.29, 1.82) is 0 Å². The Labute approximate surface area is 148 Å². The fourth-order valence-electron chi connectivity index (χ4n) is 2.39. The fourth-order valence-corrected chi connectivity index (χ4v) is 3.21. The van der Waals surface area contributed by atoms with Crippen molar-refractivity contribution in [3.63, 3.8) is 0 Å². The molecule has 0 fully saturated rings. The Hall–Kier alpha value is -2.35. The van der Waals surface area contributed by atoms with E-state index in [2.05, 4.69) is 29.0 Å². The predicted molar refractivity (Wildman–Crippen MR) is 94.2 cm³/mol. The van der Waals surface area contributed by atoms with Crippen LogP contribution in [0.25, 0.3) is 11.0 Å². The van der Waals surface area contributed by atoms with Gasteiger partial charge in [-0.2, -0.15) is 8.78 Å². The molecular formula is C17H18F2N4OS. The summed E-state index contributed by atoms with van der Waals surface area (Å²) in [6.45, 7) is 3.22. The first-order chi connectivity index (χ1) is 12.0. The van der Waals surface area contributed by atoms with Gasteiger partial charge in [-0.05, 0) is 19.1 Å². The standard InChI is InChI=1S/C17H18F2N4OS/c1-10(2)16-20-12(9-25-16)8-24-22-11(3)15-21-13-6-4-5-7-14(13)23(15)17(18)19/h4-7,9-10,17H,8H2,1-3H3/b22-11-. The average Bonchev–Trinajstić information content (AvgIpc) is 3.19. The fraction of sp³-hybridized carbons (Fsp3) is 0.353. The maximum absolute atomic E-state index is 13.4. The Balaban J connectivity index is 1.80. The van der Waals surface area contributed by atoms with Crippen LogP contribution < -0.4 is 0 Å². The predicted octanol–water partition coefficient (Wildman–Crippen LogP) is 4.95. The van der Waals surface area contributed by atoms with Gasteiger partial charge in [0, 0.05) is 11.3 Å². The SMILES string of the molecule is C/C(=N/OCc1csc(C(C)C)n1)c1nc2ccccc2n1C(F)F. The number of alkyl halides is 2. The molecule has 132 valence electrons. The molecule has 3 rings (SSSR count). The molecule has 25 heavy (non-hydrogen) atoms. The Morgan fingerprint density at radius 3 is 2.72 bits per heavy atom. The lowest BCUT2D eigenvalue weighted by Crippen LogP contribution is -2.10. The van der Waals surface area contributed by atoms with E-state index in [9.17, 15) is 8.78 Å². The van der Waals surface area contributed by atoms with E-state index in [1.165, 1.54) is 0 Å². The molecule has 3 aromatic rings. The van der Waals surface area contributed by atoms with Crippen LogP contribution in [-0.4, -0.2) is 20.2 Å². The molecule has 0 atom stereocenters. The molecule has 0 aliphatic carbocycles. The number of nitrogens with zero attached hydrogens (tertiary/aromatic N) is 4. The first kappa shape index (κ1) is 17.5. The lowest BCUT2D eigenvalue weighted by molar-refractivity contribution is 0.0735. The highest BCUT2D eigenvalue weighted by molar-refractivity contribution is 7.09. The highest BCUT2D eigenvalue weighted by Gasteiger charge is 2.19. The van der Waals surface area contributed by atoms with E-state index >= 15 is 0 Å². The zero-order valence-electron chi connectivity index (χ0n) is 14.1. The van der Waals surface area contributed by atoms with Crippen molar-refractivity contribution < 1.29 is 13.6 Å². The summed E-state index contributed by atoms with van der Waals surface area (Å²) < 4.78 is 27.7. The summed E-state index contributed by atoms with van der Waals surface area (Å²) in [5.41, 5.74) is 1.92. The number of fused-ring (bicyclic) bond motifs is 1. The highest BCUT2D eigenvalue weighted by atomic mass is 32.1. The van der Waals surface area contributed by atoms with E-state index in [1.54, 1.807) is 42.5 Å². The van der Waals surface area contributed by atoms with Crippen LogP contribution in [0.2, 0.25) is 0 Å². The molecule has 5 nitrogen and oxygen atoms in total. The first-order valence-corrected chi connectivity index (χ1v) is 8.71. The van der Waals surface area contributed by atoms with Crippen LogP contribution in [0.15, 0.2) is 34.8 Å². The lowest BCUT2D eigenvalue weighted by Gasteiger charge is -2.07. The number of hydrogen-bond donors (Lipinski definition) is 0. The maximum atomic E-state index is 13.4. The molecule has 0 unspecified atom stereocenters. The van der Waals surface area contributed by atoms with E-state index < -0.39 is 6.55 Å². The van der Waals surface area contributed by atoms with E-state index in [-0.39, 0.29) is 18.1 Å². The Morgan fingerprint density at radius 1 is 1.28 bits per heavy atom. The summed E-state index contributed by atoms with van der Waals surface area (Å²) in [7, 11) is 0. The van der Waals surface area contributed by atoms with E-state index in [1.807, 2.05) is 5.38 Å². The van der Waals surface area contributed by atoms with Gasteiger partial charge in [0.15, 0.2) is 12.4 Å². The van der Waals surface area contributed by atoms with Gasteiger partial charge >= 0.3 is 6.55 Å². The van der Waals surface area contributed by atoms with Crippen LogP contribution in [0.3, 0.4) is 0 Å². The molecule has 0 aliphatic heterocycles. The first-order valence-electron chi connectivity index (χ1n) is 7.83. The second-order valence-corrected chi connectivity index (χ2v) is 6.74. The molecule has 1 aromatic carbocycles. The van der Waals surface area contributed by atoms with Gasteiger partial charge in [-0.15, -0.1) is 11.3 Å². The molecule has 2 heterocycles. The summed E-state index contributed by atoms with van der Waals surface area (Å²) >= 11 is 1.57. The Kier molecular flexibility index (Phi) is 5.08. The smallest absolute Gasteiger partial charge is 0.320 e. The molecule has 0 bridgehead atoms. The number of halogens is 2. The van der Waals surface area contributed by atoms with Gasteiger partial charge in [0.1, 0.15) is 5.71 Å². The molecular weight excluding hydrogens is 346 g/mol. The minimum Gasteiger partial charge on any atom is -0.389 e. The van der Waals surface area contributed by atoms with Gasteiger partial charge in [0.05, 0.1) is 21.7 Å². The van der Waals surface area contributed by atoms with Crippen LogP contribution in [0, 0.1) is 0 Å². The normalized spacial score (nSPS) is 12.5. The molecule has 0 saturated carbocycles. The molecule has 0 saturated heterocycles. The number of rotatable bonds is 6. The number of imidazole rings is 1. The zero-order chi connectivity index (χ0) is 18.0. The van der Waals surface area contributed by atoms with Crippen LogP contribution in [0.5, 0.6) is 0 Å². The van der Waals surface area contributed by atoms with Crippen molar-refractivity contribution in [3.8, 4) is 0 Å². The van der Waals surface area contributed by atoms with Gasteiger partial charge in [0.2, 0.25) is 0 Å². The maximum Gasteiger partial charge on any atom is 0.320 e. The molecule has 0 amide bonds.